The molecule has 0 aliphatic carbocycles. The lowest BCUT2D eigenvalue weighted by Gasteiger charge is -2.55. The van der Waals surface area contributed by atoms with Crippen molar-refractivity contribution < 1.29 is 4.74 Å². The average Bonchev–Trinajstić information content (AvgIpc) is 2.61. The highest BCUT2D eigenvalue weighted by Crippen LogP contribution is 2.30. The van der Waals surface area contributed by atoms with Gasteiger partial charge < -0.3 is 14.5 Å². The molecule has 0 saturated carbocycles. The van der Waals surface area contributed by atoms with Crippen LogP contribution in [-0.4, -0.2) is 85.3 Å². The van der Waals surface area contributed by atoms with E-state index in [-0.39, 0.29) is 0 Å². The van der Waals surface area contributed by atoms with E-state index in [1.54, 1.807) is 0 Å². The summed E-state index contributed by atoms with van der Waals surface area (Å²) in [4.78, 5) is 8.07. The van der Waals surface area contributed by atoms with Gasteiger partial charge in [0.15, 0.2) is 0 Å². The highest BCUT2D eigenvalue weighted by molar-refractivity contribution is 5.02. The summed E-state index contributed by atoms with van der Waals surface area (Å²) in [6, 6.07) is 0.723. The second-order valence-electron chi connectivity index (χ2n) is 8.34. The fourth-order valence-electron chi connectivity index (χ4n) is 4.64. The molecule has 1 spiro atoms. The molecule has 25 heavy (non-hydrogen) atoms. The monoisotopic (exact) mass is 353 g/mol. The van der Waals surface area contributed by atoms with E-state index in [4.69, 9.17) is 4.74 Å². The van der Waals surface area contributed by atoms with Crippen LogP contribution in [0.1, 0.15) is 60.3 Å². The number of piperazine rings is 1. The van der Waals surface area contributed by atoms with E-state index in [1.807, 2.05) is 13.8 Å². The molecule has 3 rings (SSSR count). The largest absolute Gasteiger partial charge is 0.377 e. The van der Waals surface area contributed by atoms with Gasteiger partial charge in [0, 0.05) is 25.7 Å². The van der Waals surface area contributed by atoms with Crippen LogP contribution in [0.5, 0.6) is 0 Å². The maximum atomic E-state index is 5.60. The Morgan fingerprint density at radius 1 is 1.00 bits per heavy atom. The molecule has 3 fully saturated rings. The normalized spacial score (nSPS) is 25.7. The average molecular weight is 354 g/mol. The smallest absolute Gasteiger partial charge is 0.0807 e. The number of likely N-dealkylation sites (tertiary alicyclic amines) is 1. The van der Waals surface area contributed by atoms with E-state index in [1.165, 1.54) is 71.5 Å². The molecule has 0 bridgehead atoms. The molecule has 0 amide bonds. The summed E-state index contributed by atoms with van der Waals surface area (Å²) in [6.45, 7) is 21.8. The Kier molecular flexibility index (Phi) is 8.67. The number of ether oxygens (including phenoxy) is 1. The minimum Gasteiger partial charge on any atom is -0.377 e. The Hall–Kier alpha value is -0.160. The van der Waals surface area contributed by atoms with Crippen LogP contribution < -0.4 is 0 Å². The lowest BCUT2D eigenvalue weighted by atomic mass is 9.89. The van der Waals surface area contributed by atoms with Gasteiger partial charge in [0.1, 0.15) is 0 Å². The van der Waals surface area contributed by atoms with Gasteiger partial charge in [-0.3, -0.25) is 4.90 Å². The Balaban J connectivity index is 0.00000109. The van der Waals surface area contributed by atoms with Crippen molar-refractivity contribution in [1.29, 1.82) is 0 Å². The zero-order chi connectivity index (χ0) is 18.3. The second kappa shape index (κ2) is 10.2. The Bertz CT molecular complexity index is 362. The van der Waals surface area contributed by atoms with Crippen LogP contribution >= 0.6 is 0 Å². The zero-order valence-electron chi connectivity index (χ0n) is 17.6. The SMILES string of the molecule is CC.CCCN1CCN(CCC2CCN(C(C)C)CC2)CC12COC2. The molecule has 0 unspecified atom stereocenters. The van der Waals surface area contributed by atoms with Gasteiger partial charge in [0.05, 0.1) is 18.8 Å². The van der Waals surface area contributed by atoms with E-state index in [0.717, 1.165) is 25.2 Å². The summed E-state index contributed by atoms with van der Waals surface area (Å²) in [6.07, 6.45) is 5.47. The van der Waals surface area contributed by atoms with Crippen molar-refractivity contribution in [2.75, 3.05) is 59.0 Å². The first-order valence-corrected chi connectivity index (χ1v) is 10.9. The summed E-state index contributed by atoms with van der Waals surface area (Å²) in [7, 11) is 0. The third kappa shape index (κ3) is 5.41. The summed E-state index contributed by atoms with van der Waals surface area (Å²) >= 11 is 0. The molecule has 0 radical (unpaired) electrons. The summed E-state index contributed by atoms with van der Waals surface area (Å²) < 4.78 is 5.60. The fourth-order valence-corrected chi connectivity index (χ4v) is 4.64. The third-order valence-electron chi connectivity index (χ3n) is 6.34. The first-order valence-electron chi connectivity index (χ1n) is 10.9. The first kappa shape index (κ1) is 21.1. The van der Waals surface area contributed by atoms with Gasteiger partial charge in [0.2, 0.25) is 0 Å². The van der Waals surface area contributed by atoms with Crippen molar-refractivity contribution >= 4 is 0 Å². The molecule has 4 nitrogen and oxygen atoms in total. The standard InChI is InChI=1S/C19H37N3O.C2H6/c1-4-8-22-13-12-20(14-19(22)15-23-16-19)9-5-18-6-10-21(11-7-18)17(2)3;1-2/h17-18H,4-16H2,1-3H3;1-2H3. The Morgan fingerprint density at radius 3 is 2.20 bits per heavy atom. The van der Waals surface area contributed by atoms with Crippen molar-refractivity contribution in [3.8, 4) is 0 Å². The molecule has 3 saturated heterocycles. The van der Waals surface area contributed by atoms with Gasteiger partial charge in [-0.25, -0.2) is 0 Å². The maximum Gasteiger partial charge on any atom is 0.0807 e. The molecule has 3 aliphatic rings. The van der Waals surface area contributed by atoms with Crippen LogP contribution in [0.2, 0.25) is 0 Å². The van der Waals surface area contributed by atoms with Gasteiger partial charge in [-0.15, -0.1) is 0 Å². The molecule has 0 aromatic heterocycles. The van der Waals surface area contributed by atoms with Gasteiger partial charge in [-0.1, -0.05) is 20.8 Å². The summed E-state index contributed by atoms with van der Waals surface area (Å²) in [5.41, 5.74) is 0.356. The minimum absolute atomic E-state index is 0.356. The highest BCUT2D eigenvalue weighted by atomic mass is 16.5. The van der Waals surface area contributed by atoms with Gasteiger partial charge in [-0.2, -0.15) is 0 Å². The van der Waals surface area contributed by atoms with Crippen molar-refractivity contribution in [3.63, 3.8) is 0 Å². The predicted octanol–water partition coefficient (Wildman–Crippen LogP) is 3.32. The molecule has 0 N–H and O–H groups in total. The fraction of sp³-hybridized carbons (Fsp3) is 1.00. The number of hydrogen-bond acceptors (Lipinski definition) is 4. The molecular formula is C21H43N3O. The van der Waals surface area contributed by atoms with Gasteiger partial charge in [0.25, 0.3) is 0 Å². The number of rotatable bonds is 6. The quantitative estimate of drug-likeness (QED) is 0.729. The molecule has 0 aromatic rings. The van der Waals surface area contributed by atoms with Crippen molar-refractivity contribution in [2.45, 2.75) is 71.9 Å². The van der Waals surface area contributed by atoms with E-state index in [9.17, 15) is 0 Å². The van der Waals surface area contributed by atoms with Gasteiger partial charge >= 0.3 is 0 Å². The maximum absolute atomic E-state index is 5.60. The molecule has 148 valence electrons. The highest BCUT2D eigenvalue weighted by Gasteiger charge is 2.47. The van der Waals surface area contributed by atoms with Crippen molar-refractivity contribution in [1.82, 2.24) is 14.7 Å². The Morgan fingerprint density at radius 2 is 1.68 bits per heavy atom. The summed E-state index contributed by atoms with van der Waals surface area (Å²) in [5.74, 6) is 0.951. The summed E-state index contributed by atoms with van der Waals surface area (Å²) in [5, 5.41) is 0. The second-order valence-corrected chi connectivity index (χ2v) is 8.34. The molecule has 4 heteroatoms. The van der Waals surface area contributed by atoms with Crippen LogP contribution in [0.15, 0.2) is 0 Å². The van der Waals surface area contributed by atoms with E-state index in [2.05, 4.69) is 35.5 Å². The van der Waals surface area contributed by atoms with E-state index >= 15 is 0 Å². The molecular weight excluding hydrogens is 310 g/mol. The zero-order valence-corrected chi connectivity index (χ0v) is 17.6. The van der Waals surface area contributed by atoms with Crippen LogP contribution in [0, 0.1) is 5.92 Å². The van der Waals surface area contributed by atoms with Gasteiger partial charge in [-0.05, 0) is 71.6 Å². The molecule has 0 atom stereocenters. The van der Waals surface area contributed by atoms with Crippen molar-refractivity contribution in [2.24, 2.45) is 5.92 Å². The van der Waals surface area contributed by atoms with E-state index in [0.29, 0.717) is 5.54 Å². The van der Waals surface area contributed by atoms with Crippen LogP contribution in [0.3, 0.4) is 0 Å². The van der Waals surface area contributed by atoms with E-state index < -0.39 is 0 Å². The van der Waals surface area contributed by atoms with Crippen LogP contribution in [-0.2, 0) is 4.74 Å². The van der Waals surface area contributed by atoms with Crippen LogP contribution in [0.4, 0.5) is 0 Å². The van der Waals surface area contributed by atoms with Crippen molar-refractivity contribution in [3.05, 3.63) is 0 Å². The third-order valence-corrected chi connectivity index (χ3v) is 6.34. The van der Waals surface area contributed by atoms with Crippen LogP contribution in [0.25, 0.3) is 0 Å². The Labute approximate surface area is 156 Å². The molecule has 0 aromatic carbocycles. The number of piperidine rings is 1. The molecule has 3 aliphatic heterocycles. The topological polar surface area (TPSA) is 19.0 Å². The first-order chi connectivity index (χ1) is 12.1. The number of hydrogen-bond donors (Lipinski definition) is 0. The lowest BCUT2D eigenvalue weighted by Crippen LogP contribution is -2.71. The lowest BCUT2D eigenvalue weighted by molar-refractivity contribution is -0.169. The minimum atomic E-state index is 0.356. The number of nitrogens with zero attached hydrogens (tertiary/aromatic N) is 3. The predicted molar refractivity (Wildman–Crippen MR) is 107 cm³/mol. The molecule has 3 heterocycles.